The Morgan fingerprint density at radius 2 is 2.31 bits per heavy atom. The molecule has 1 rings (SSSR count). The van der Waals surface area contributed by atoms with Crippen molar-refractivity contribution in [3.8, 4) is 0 Å². The minimum atomic E-state index is -0.830. The van der Waals surface area contributed by atoms with Crippen LogP contribution in [0.2, 0.25) is 5.02 Å². The predicted octanol–water partition coefficient (Wildman–Crippen LogP) is 2.88. The molecule has 0 radical (unpaired) electrons. The van der Waals surface area contributed by atoms with Crippen molar-refractivity contribution in [3.05, 3.63) is 34.6 Å². The van der Waals surface area contributed by atoms with E-state index in [1.54, 1.807) is 6.07 Å². The Morgan fingerprint density at radius 1 is 1.62 bits per heavy atom. The molecular weight excluding hydrogens is 211 g/mol. The monoisotopic (exact) mass is 220 g/mol. The van der Waals surface area contributed by atoms with Crippen LogP contribution in [0.4, 0.5) is 4.39 Å². The van der Waals surface area contributed by atoms with E-state index in [0.717, 1.165) is 0 Å². The van der Waals surface area contributed by atoms with E-state index in [2.05, 4.69) is 0 Å². The summed E-state index contributed by atoms with van der Waals surface area (Å²) in [6.45, 7) is 0. The summed E-state index contributed by atoms with van der Waals surface area (Å²) in [6.07, 6.45) is 1.02. The highest BCUT2D eigenvalue weighted by Gasteiger charge is 2.15. The molecule has 0 heterocycles. The Hall–Kier alpha value is -0.250. The van der Waals surface area contributed by atoms with Gasteiger partial charge in [-0.05, 0) is 18.4 Å². The van der Waals surface area contributed by atoms with Gasteiger partial charge in [0.2, 0.25) is 0 Å². The van der Waals surface area contributed by atoms with E-state index in [1.807, 2.05) is 6.26 Å². The van der Waals surface area contributed by atoms with Crippen molar-refractivity contribution in [2.75, 3.05) is 12.0 Å². The van der Waals surface area contributed by atoms with Crippen LogP contribution in [-0.4, -0.2) is 17.1 Å². The fraction of sp³-hybridized carbons (Fsp3) is 0.333. The van der Waals surface area contributed by atoms with Gasteiger partial charge in [-0.1, -0.05) is 17.7 Å². The standard InChI is InChI=1S/C9H10ClFOS/c1-13-5-8(12)9-6(10)3-2-4-7(9)11/h2-4,8,12H,5H2,1H3. The molecule has 0 bridgehead atoms. The predicted molar refractivity (Wildman–Crippen MR) is 54.8 cm³/mol. The zero-order valence-electron chi connectivity index (χ0n) is 7.13. The average molecular weight is 221 g/mol. The Bertz CT molecular complexity index is 273. The molecule has 0 aliphatic rings. The highest BCUT2D eigenvalue weighted by molar-refractivity contribution is 7.98. The van der Waals surface area contributed by atoms with Gasteiger partial charge in [0.15, 0.2) is 0 Å². The third kappa shape index (κ3) is 2.59. The van der Waals surface area contributed by atoms with Gasteiger partial charge in [-0.3, -0.25) is 0 Å². The highest BCUT2D eigenvalue weighted by atomic mass is 35.5. The van der Waals surface area contributed by atoms with E-state index in [-0.39, 0.29) is 10.6 Å². The maximum Gasteiger partial charge on any atom is 0.130 e. The minimum absolute atomic E-state index is 0.193. The molecule has 1 aromatic rings. The summed E-state index contributed by atoms with van der Waals surface area (Å²) in [5, 5.41) is 9.82. The first-order valence-corrected chi connectivity index (χ1v) is 5.55. The number of halogens is 2. The number of aliphatic hydroxyl groups excluding tert-OH is 1. The first kappa shape index (κ1) is 10.8. The van der Waals surface area contributed by atoms with Crippen LogP contribution in [0.5, 0.6) is 0 Å². The topological polar surface area (TPSA) is 20.2 Å². The van der Waals surface area contributed by atoms with Crippen LogP contribution in [-0.2, 0) is 0 Å². The Kier molecular flexibility index (Phi) is 4.03. The second-order valence-electron chi connectivity index (χ2n) is 2.61. The van der Waals surface area contributed by atoms with Gasteiger partial charge >= 0.3 is 0 Å². The molecule has 0 aliphatic carbocycles. The number of hydrogen-bond donors (Lipinski definition) is 1. The summed E-state index contributed by atoms with van der Waals surface area (Å²) >= 11 is 7.20. The quantitative estimate of drug-likeness (QED) is 0.846. The van der Waals surface area contributed by atoms with Crippen LogP contribution in [0, 0.1) is 5.82 Å². The van der Waals surface area contributed by atoms with Crippen molar-refractivity contribution < 1.29 is 9.50 Å². The van der Waals surface area contributed by atoms with Gasteiger partial charge in [0, 0.05) is 16.3 Å². The summed E-state index contributed by atoms with van der Waals surface area (Å²) in [4.78, 5) is 0. The van der Waals surface area contributed by atoms with Gasteiger partial charge in [-0.2, -0.15) is 11.8 Å². The van der Waals surface area contributed by atoms with E-state index < -0.39 is 11.9 Å². The molecule has 1 N–H and O–H groups in total. The van der Waals surface area contributed by atoms with Crippen LogP contribution in [0.15, 0.2) is 18.2 Å². The molecule has 1 nitrogen and oxygen atoms in total. The zero-order chi connectivity index (χ0) is 9.84. The van der Waals surface area contributed by atoms with E-state index in [1.165, 1.54) is 23.9 Å². The second kappa shape index (κ2) is 4.84. The molecule has 0 fully saturated rings. The molecule has 0 aromatic heterocycles. The minimum Gasteiger partial charge on any atom is -0.387 e. The third-order valence-corrected chi connectivity index (χ3v) is 2.64. The fourth-order valence-electron chi connectivity index (χ4n) is 1.07. The van der Waals surface area contributed by atoms with Gasteiger partial charge in [-0.25, -0.2) is 4.39 Å². The van der Waals surface area contributed by atoms with Crippen LogP contribution in [0.25, 0.3) is 0 Å². The Morgan fingerprint density at radius 3 is 2.85 bits per heavy atom. The lowest BCUT2D eigenvalue weighted by atomic mass is 10.1. The maximum absolute atomic E-state index is 13.2. The summed E-state index contributed by atoms with van der Waals surface area (Å²) in [7, 11) is 0. The number of thioether (sulfide) groups is 1. The molecule has 1 aromatic carbocycles. The molecule has 0 spiro atoms. The van der Waals surface area contributed by atoms with Crippen LogP contribution >= 0.6 is 23.4 Å². The first-order chi connectivity index (χ1) is 6.16. The molecule has 0 saturated carbocycles. The molecule has 0 aliphatic heterocycles. The molecule has 0 amide bonds. The van der Waals surface area contributed by atoms with Crippen LogP contribution in [0.1, 0.15) is 11.7 Å². The molecule has 4 heteroatoms. The number of benzene rings is 1. The average Bonchev–Trinajstić information content (AvgIpc) is 2.04. The summed E-state index contributed by atoms with van der Waals surface area (Å²) in [5.74, 6) is -0.00486. The Labute approximate surface area is 85.9 Å². The molecule has 0 saturated heterocycles. The van der Waals surface area contributed by atoms with Crippen molar-refractivity contribution in [1.82, 2.24) is 0 Å². The lowest BCUT2D eigenvalue weighted by Crippen LogP contribution is -2.03. The smallest absolute Gasteiger partial charge is 0.130 e. The van der Waals surface area contributed by atoms with Crippen molar-refractivity contribution in [2.24, 2.45) is 0 Å². The van der Waals surface area contributed by atoms with Crippen molar-refractivity contribution in [1.29, 1.82) is 0 Å². The van der Waals surface area contributed by atoms with Crippen molar-refractivity contribution >= 4 is 23.4 Å². The summed E-state index contributed by atoms with van der Waals surface area (Å²) < 4.78 is 13.2. The van der Waals surface area contributed by atoms with Crippen molar-refractivity contribution in [2.45, 2.75) is 6.10 Å². The van der Waals surface area contributed by atoms with Crippen molar-refractivity contribution in [3.63, 3.8) is 0 Å². The van der Waals surface area contributed by atoms with Gasteiger partial charge < -0.3 is 5.11 Å². The summed E-state index contributed by atoms with van der Waals surface area (Å²) in [6, 6.07) is 4.39. The fourth-order valence-corrected chi connectivity index (χ4v) is 1.84. The van der Waals surface area contributed by atoms with E-state index in [9.17, 15) is 9.50 Å². The van der Waals surface area contributed by atoms with E-state index in [4.69, 9.17) is 11.6 Å². The van der Waals surface area contributed by atoms with Gasteiger partial charge in [0.05, 0.1) is 6.10 Å². The number of hydrogen-bond acceptors (Lipinski definition) is 2. The number of rotatable bonds is 3. The van der Waals surface area contributed by atoms with Crippen LogP contribution in [0.3, 0.4) is 0 Å². The van der Waals surface area contributed by atoms with Gasteiger partial charge in [0.25, 0.3) is 0 Å². The number of aliphatic hydroxyl groups is 1. The molecular formula is C9H10ClFOS. The lowest BCUT2D eigenvalue weighted by Gasteiger charge is -2.11. The normalized spacial score (nSPS) is 12.9. The summed E-state index contributed by atoms with van der Waals surface area (Å²) in [5.41, 5.74) is 0.193. The molecule has 13 heavy (non-hydrogen) atoms. The molecule has 72 valence electrons. The first-order valence-electron chi connectivity index (χ1n) is 3.77. The molecule has 1 atom stereocenters. The van der Waals surface area contributed by atoms with E-state index >= 15 is 0 Å². The lowest BCUT2D eigenvalue weighted by molar-refractivity contribution is 0.199. The van der Waals surface area contributed by atoms with Gasteiger partial charge in [0.1, 0.15) is 5.82 Å². The SMILES string of the molecule is CSCC(O)c1c(F)cccc1Cl. The molecule has 1 unspecified atom stereocenters. The van der Waals surface area contributed by atoms with Crippen LogP contribution < -0.4 is 0 Å². The third-order valence-electron chi connectivity index (χ3n) is 1.66. The van der Waals surface area contributed by atoms with E-state index in [0.29, 0.717) is 5.75 Å². The second-order valence-corrected chi connectivity index (χ2v) is 3.92. The maximum atomic E-state index is 13.2. The largest absolute Gasteiger partial charge is 0.387 e. The Balaban J connectivity index is 2.98. The highest BCUT2D eigenvalue weighted by Crippen LogP contribution is 2.27. The van der Waals surface area contributed by atoms with Gasteiger partial charge in [-0.15, -0.1) is 0 Å². The zero-order valence-corrected chi connectivity index (χ0v) is 8.70.